The molecule has 0 aliphatic heterocycles. The van der Waals surface area contributed by atoms with Crippen LogP contribution in [0.15, 0.2) is 53.6 Å². The van der Waals surface area contributed by atoms with Crippen molar-refractivity contribution >= 4 is 46.7 Å². The second-order valence-electron chi connectivity index (χ2n) is 9.47. The molecule has 0 fully saturated rings. The molecule has 2 aromatic heterocycles. The zero-order chi connectivity index (χ0) is 28.9. The van der Waals surface area contributed by atoms with E-state index < -0.39 is 29.1 Å². The molecule has 0 saturated heterocycles. The lowest BCUT2D eigenvalue weighted by atomic mass is 10.1. The predicted octanol–water partition coefficient (Wildman–Crippen LogP) is 7.91. The molecule has 2 aromatic carbocycles. The number of halogens is 4. The number of aryl methyl sites for hydroxylation is 1. The number of hydrogen-bond acceptors (Lipinski definition) is 8. The minimum absolute atomic E-state index is 0.0166. The average Bonchev–Trinajstić information content (AvgIpc) is 3.31. The number of nitrogens with one attached hydrogen (secondary N) is 2. The molecule has 0 unspecified atom stereocenters. The summed E-state index contributed by atoms with van der Waals surface area (Å²) in [4.78, 5) is 25.4. The first kappa shape index (κ1) is 29.6. The number of benzene rings is 2. The molecule has 7 nitrogen and oxygen atoms in total. The highest BCUT2D eigenvalue weighted by atomic mass is 35.5. The van der Waals surface area contributed by atoms with Gasteiger partial charge in [0.2, 0.25) is 5.28 Å². The van der Waals surface area contributed by atoms with Gasteiger partial charge < -0.3 is 14.8 Å². The zero-order valence-electron chi connectivity index (χ0n) is 21.7. The van der Waals surface area contributed by atoms with Gasteiger partial charge in [-0.25, -0.2) is 32.9 Å². The summed E-state index contributed by atoms with van der Waals surface area (Å²) in [5.41, 5.74) is 0.468. The molecule has 13 heteroatoms. The Bertz CT molecular complexity index is 1510. The Kier molecular flexibility index (Phi) is 9.54. The van der Waals surface area contributed by atoms with Crippen molar-refractivity contribution in [2.75, 3.05) is 11.3 Å². The molecular weight excluding hydrogens is 583 g/mol. The molecule has 2 heterocycles. The van der Waals surface area contributed by atoms with E-state index in [1.807, 2.05) is 0 Å². The summed E-state index contributed by atoms with van der Waals surface area (Å²) in [6, 6.07) is 9.38. The van der Waals surface area contributed by atoms with Crippen LogP contribution in [0.4, 0.5) is 23.7 Å². The number of aromatic nitrogens is 3. The number of carbonyl (C=O) groups is 1. The molecule has 4 aromatic rings. The number of alkyl carbamates (subject to hydrolysis) is 1. The Hall–Kier alpha value is -3.35. The lowest BCUT2D eigenvalue weighted by Crippen LogP contribution is -2.33. The number of anilines is 1. The van der Waals surface area contributed by atoms with Crippen LogP contribution in [0.3, 0.4) is 0 Å². The molecule has 0 saturated carbocycles. The smallest absolute Gasteiger partial charge is 0.407 e. The van der Waals surface area contributed by atoms with E-state index in [9.17, 15) is 13.6 Å². The van der Waals surface area contributed by atoms with Crippen molar-refractivity contribution in [1.29, 1.82) is 0 Å². The van der Waals surface area contributed by atoms with Gasteiger partial charge in [0.05, 0.1) is 31.9 Å². The molecule has 0 aliphatic rings. The molecule has 0 spiro atoms. The standard InChI is InChI=1S/C27H25ClF3N5O2S2/c1-27(2,3)38-26(37)33-12-5-8-21-35-23(24(39-21)19-11-13-32-25(28)34-19)16-6-4-7-18(22(16)31)36-40-20-14-15(29)9-10-17(20)30/h4,6-7,9-11,13-14,36H,5,8,12H2,1-3H3,(H,33,37). The summed E-state index contributed by atoms with van der Waals surface area (Å²) in [5, 5.41) is 3.44. The summed E-state index contributed by atoms with van der Waals surface area (Å²) >= 11 is 8.10. The van der Waals surface area contributed by atoms with Crippen LogP contribution in [0.25, 0.3) is 21.8 Å². The lowest BCUT2D eigenvalue weighted by Gasteiger charge is -2.19. The minimum Gasteiger partial charge on any atom is -0.444 e. The van der Waals surface area contributed by atoms with E-state index in [4.69, 9.17) is 21.3 Å². The largest absolute Gasteiger partial charge is 0.444 e. The van der Waals surface area contributed by atoms with Gasteiger partial charge in [0.1, 0.15) is 17.2 Å². The van der Waals surface area contributed by atoms with Crippen LogP contribution in [0.1, 0.15) is 32.2 Å². The van der Waals surface area contributed by atoms with E-state index in [-0.39, 0.29) is 21.4 Å². The van der Waals surface area contributed by atoms with Gasteiger partial charge in [-0.15, -0.1) is 11.3 Å². The van der Waals surface area contributed by atoms with Gasteiger partial charge in [0, 0.05) is 24.7 Å². The zero-order valence-corrected chi connectivity index (χ0v) is 24.1. The molecule has 0 aliphatic carbocycles. The summed E-state index contributed by atoms with van der Waals surface area (Å²) in [5.74, 6) is -1.87. The molecule has 0 bridgehead atoms. The maximum Gasteiger partial charge on any atom is 0.407 e. The number of carbonyl (C=O) groups excluding carboxylic acids is 1. The third kappa shape index (κ3) is 7.86. The third-order valence-corrected chi connectivity index (χ3v) is 7.36. The molecule has 2 N–H and O–H groups in total. The Labute approximate surface area is 242 Å². The summed E-state index contributed by atoms with van der Waals surface area (Å²) in [6.07, 6.45) is 2.05. The van der Waals surface area contributed by atoms with Crippen LogP contribution in [0, 0.1) is 17.5 Å². The molecular formula is C27H25ClF3N5O2S2. The summed E-state index contributed by atoms with van der Waals surface area (Å²) in [6.45, 7) is 5.71. The Morgan fingerprint density at radius 2 is 1.93 bits per heavy atom. The number of thiazole rings is 1. The van der Waals surface area contributed by atoms with Crippen LogP contribution in [0.2, 0.25) is 5.28 Å². The molecule has 0 radical (unpaired) electrons. The van der Waals surface area contributed by atoms with E-state index in [1.165, 1.54) is 23.6 Å². The van der Waals surface area contributed by atoms with Crippen molar-refractivity contribution in [1.82, 2.24) is 20.3 Å². The summed E-state index contributed by atoms with van der Waals surface area (Å²) in [7, 11) is 0. The van der Waals surface area contributed by atoms with Gasteiger partial charge in [-0.05, 0) is 87.1 Å². The fraction of sp³-hybridized carbons (Fsp3) is 0.259. The van der Waals surface area contributed by atoms with Crippen LogP contribution >= 0.6 is 34.9 Å². The highest BCUT2D eigenvalue weighted by Crippen LogP contribution is 2.39. The Morgan fingerprint density at radius 1 is 1.12 bits per heavy atom. The monoisotopic (exact) mass is 607 g/mol. The fourth-order valence-corrected chi connectivity index (χ4v) is 5.44. The average molecular weight is 608 g/mol. The fourth-order valence-electron chi connectivity index (χ4n) is 3.49. The third-order valence-electron chi connectivity index (χ3n) is 5.18. The van der Waals surface area contributed by atoms with Gasteiger partial charge in [-0.2, -0.15) is 0 Å². The highest BCUT2D eigenvalue weighted by molar-refractivity contribution is 8.00. The number of hydrogen-bond donors (Lipinski definition) is 2. The molecule has 0 atom stereocenters. The first-order valence-corrected chi connectivity index (χ1v) is 14.1. The van der Waals surface area contributed by atoms with E-state index in [0.29, 0.717) is 40.7 Å². The first-order chi connectivity index (χ1) is 19.0. The molecule has 210 valence electrons. The number of rotatable bonds is 9. The normalized spacial score (nSPS) is 11.4. The van der Waals surface area contributed by atoms with Crippen molar-refractivity contribution in [2.45, 2.75) is 44.1 Å². The van der Waals surface area contributed by atoms with Crippen molar-refractivity contribution in [3.8, 4) is 21.8 Å². The van der Waals surface area contributed by atoms with E-state index in [1.54, 1.807) is 39.0 Å². The van der Waals surface area contributed by atoms with Gasteiger partial charge in [-0.1, -0.05) is 6.07 Å². The van der Waals surface area contributed by atoms with Crippen molar-refractivity contribution in [3.05, 3.63) is 76.4 Å². The minimum atomic E-state index is -0.635. The van der Waals surface area contributed by atoms with E-state index in [0.717, 1.165) is 30.1 Å². The van der Waals surface area contributed by atoms with Crippen LogP contribution < -0.4 is 10.0 Å². The Balaban J connectivity index is 1.58. The first-order valence-electron chi connectivity index (χ1n) is 12.1. The molecule has 40 heavy (non-hydrogen) atoms. The van der Waals surface area contributed by atoms with Crippen LogP contribution in [-0.2, 0) is 11.2 Å². The maximum absolute atomic E-state index is 15.8. The van der Waals surface area contributed by atoms with Crippen LogP contribution in [-0.4, -0.2) is 33.2 Å². The molecule has 4 rings (SSSR count). The predicted molar refractivity (Wildman–Crippen MR) is 152 cm³/mol. The number of nitrogens with zero attached hydrogens (tertiary/aromatic N) is 3. The maximum atomic E-state index is 15.8. The van der Waals surface area contributed by atoms with Crippen molar-refractivity contribution < 1.29 is 22.7 Å². The quantitative estimate of drug-likeness (QED) is 0.113. The van der Waals surface area contributed by atoms with Crippen molar-refractivity contribution in [2.24, 2.45) is 0 Å². The van der Waals surface area contributed by atoms with Crippen LogP contribution in [0.5, 0.6) is 0 Å². The van der Waals surface area contributed by atoms with E-state index >= 15 is 4.39 Å². The SMILES string of the molecule is CC(C)(C)OC(=O)NCCCc1nc(-c2cccc(NSc3cc(F)ccc3F)c2F)c(-c2ccnc(Cl)n2)s1. The van der Waals surface area contributed by atoms with Crippen molar-refractivity contribution in [3.63, 3.8) is 0 Å². The van der Waals surface area contributed by atoms with Gasteiger partial charge in [-0.3, -0.25) is 0 Å². The Morgan fingerprint density at radius 3 is 2.67 bits per heavy atom. The van der Waals surface area contributed by atoms with Gasteiger partial charge in [0.25, 0.3) is 0 Å². The molecule has 1 amide bonds. The van der Waals surface area contributed by atoms with Gasteiger partial charge >= 0.3 is 6.09 Å². The van der Waals surface area contributed by atoms with E-state index in [2.05, 4.69) is 20.0 Å². The second-order valence-corrected chi connectivity index (χ2v) is 11.7. The highest BCUT2D eigenvalue weighted by Gasteiger charge is 2.21. The lowest BCUT2D eigenvalue weighted by molar-refractivity contribution is 0.0527. The van der Waals surface area contributed by atoms with Gasteiger partial charge in [0.15, 0.2) is 5.82 Å². The number of ether oxygens (including phenoxy) is 1. The summed E-state index contributed by atoms with van der Waals surface area (Å²) < 4.78 is 51.4. The topological polar surface area (TPSA) is 89.0 Å². The number of amides is 1. The second kappa shape index (κ2) is 12.9.